The first-order valence-electron chi connectivity index (χ1n) is 9.12. The van der Waals surface area contributed by atoms with Crippen LogP contribution in [0.1, 0.15) is 36.2 Å². The number of hydrogen-bond donors (Lipinski definition) is 1. The molecule has 0 aliphatic heterocycles. The number of benzene rings is 1. The summed E-state index contributed by atoms with van der Waals surface area (Å²) in [6, 6.07) is 7.78. The van der Waals surface area contributed by atoms with Crippen molar-refractivity contribution in [2.75, 3.05) is 11.9 Å². The van der Waals surface area contributed by atoms with Crippen LogP contribution in [0.3, 0.4) is 0 Å². The van der Waals surface area contributed by atoms with Gasteiger partial charge in [-0.2, -0.15) is 0 Å². The van der Waals surface area contributed by atoms with E-state index in [0.717, 1.165) is 17.0 Å². The second-order valence-corrected chi connectivity index (χ2v) is 6.94. The third-order valence-electron chi connectivity index (χ3n) is 4.96. The van der Waals surface area contributed by atoms with Gasteiger partial charge in [-0.25, -0.2) is 4.39 Å². The van der Waals surface area contributed by atoms with Crippen LogP contribution in [0, 0.1) is 11.7 Å². The van der Waals surface area contributed by atoms with Crippen molar-refractivity contribution >= 4 is 22.5 Å². The number of fused-ring (bicyclic) bond motifs is 1. The summed E-state index contributed by atoms with van der Waals surface area (Å²) < 4.78 is 21.0. The van der Waals surface area contributed by atoms with Crippen molar-refractivity contribution in [1.82, 2.24) is 14.8 Å². The number of carbonyl (C=O) groups excluding carboxylic acids is 1. The van der Waals surface area contributed by atoms with E-state index in [0.29, 0.717) is 24.1 Å². The first-order chi connectivity index (χ1) is 13.1. The van der Waals surface area contributed by atoms with Crippen LogP contribution in [-0.4, -0.2) is 27.3 Å². The predicted octanol–water partition coefficient (Wildman–Crippen LogP) is 3.93. The van der Waals surface area contributed by atoms with Gasteiger partial charge in [0.2, 0.25) is 5.88 Å². The molecular weight excluding hydrogens is 347 g/mol. The summed E-state index contributed by atoms with van der Waals surface area (Å²) >= 11 is 0. The Hall–Kier alpha value is -2.96. The SMILES string of the molecule is Cn1nc(OCC2CCCC2)c2ccc(NC(=O)c3cc(F)ccn3)cc21. The quantitative estimate of drug-likeness (QED) is 0.741. The Bertz CT molecular complexity index is 979. The highest BCUT2D eigenvalue weighted by atomic mass is 19.1. The molecule has 4 rings (SSSR count). The van der Waals surface area contributed by atoms with Crippen LogP contribution in [0.15, 0.2) is 36.5 Å². The molecule has 6 nitrogen and oxygen atoms in total. The Balaban J connectivity index is 1.52. The Morgan fingerprint density at radius 3 is 2.89 bits per heavy atom. The standard InChI is InChI=1S/C20H21FN4O2/c1-25-18-11-15(23-19(26)17-10-14(21)8-9-22-17)6-7-16(18)20(24-25)27-12-13-4-2-3-5-13/h6-11,13H,2-5,12H2,1H3,(H,23,26). The lowest BCUT2D eigenvalue weighted by Crippen LogP contribution is -2.13. The number of rotatable bonds is 5. The Labute approximate surface area is 156 Å². The Kier molecular flexibility index (Phi) is 4.75. The summed E-state index contributed by atoms with van der Waals surface area (Å²) in [4.78, 5) is 16.1. The van der Waals surface area contributed by atoms with E-state index in [1.807, 2.05) is 19.2 Å². The van der Waals surface area contributed by atoms with Crippen LogP contribution in [0.4, 0.5) is 10.1 Å². The second-order valence-electron chi connectivity index (χ2n) is 6.94. The van der Waals surface area contributed by atoms with Crippen LogP contribution >= 0.6 is 0 Å². The molecule has 0 saturated heterocycles. The number of halogens is 1. The van der Waals surface area contributed by atoms with Crippen LogP contribution in [-0.2, 0) is 7.05 Å². The van der Waals surface area contributed by atoms with E-state index in [9.17, 15) is 9.18 Å². The third-order valence-corrected chi connectivity index (χ3v) is 4.96. The van der Waals surface area contributed by atoms with Gasteiger partial charge in [0.05, 0.1) is 17.5 Å². The van der Waals surface area contributed by atoms with Gasteiger partial charge in [-0.3, -0.25) is 14.5 Å². The van der Waals surface area contributed by atoms with Gasteiger partial charge in [0.1, 0.15) is 11.5 Å². The van der Waals surface area contributed by atoms with Crippen LogP contribution in [0.25, 0.3) is 10.9 Å². The summed E-state index contributed by atoms with van der Waals surface area (Å²) in [5.41, 5.74) is 1.46. The number of pyridine rings is 1. The van der Waals surface area contributed by atoms with Crippen LogP contribution in [0.2, 0.25) is 0 Å². The predicted molar refractivity (Wildman–Crippen MR) is 100 cm³/mol. The fourth-order valence-corrected chi connectivity index (χ4v) is 3.51. The summed E-state index contributed by atoms with van der Waals surface area (Å²) in [7, 11) is 1.84. The molecule has 1 aromatic carbocycles. The second kappa shape index (κ2) is 7.34. The zero-order valence-electron chi connectivity index (χ0n) is 15.1. The molecule has 140 valence electrons. The molecule has 1 saturated carbocycles. The van der Waals surface area contributed by atoms with Gasteiger partial charge in [0.15, 0.2) is 0 Å². The lowest BCUT2D eigenvalue weighted by atomic mass is 10.1. The molecule has 3 aromatic rings. The van der Waals surface area contributed by atoms with Gasteiger partial charge in [-0.1, -0.05) is 12.8 Å². The average molecular weight is 368 g/mol. The fraction of sp³-hybridized carbons (Fsp3) is 0.350. The molecule has 0 unspecified atom stereocenters. The maximum atomic E-state index is 13.3. The fourth-order valence-electron chi connectivity index (χ4n) is 3.51. The van der Waals surface area contributed by atoms with Gasteiger partial charge >= 0.3 is 0 Å². The summed E-state index contributed by atoms with van der Waals surface area (Å²) in [6.45, 7) is 0.690. The minimum Gasteiger partial charge on any atom is -0.476 e. The monoisotopic (exact) mass is 368 g/mol. The molecule has 1 aliphatic rings. The maximum Gasteiger partial charge on any atom is 0.274 e. The Morgan fingerprint density at radius 2 is 2.11 bits per heavy atom. The lowest BCUT2D eigenvalue weighted by molar-refractivity contribution is 0.102. The van der Waals surface area contributed by atoms with Gasteiger partial charge in [-0.05, 0) is 43.0 Å². The molecule has 0 bridgehead atoms. The van der Waals surface area contributed by atoms with Crippen molar-refractivity contribution in [3.8, 4) is 5.88 Å². The van der Waals surface area contributed by atoms with E-state index >= 15 is 0 Å². The molecule has 0 atom stereocenters. The molecule has 2 aromatic heterocycles. The van der Waals surface area contributed by atoms with Crippen molar-refractivity contribution in [1.29, 1.82) is 0 Å². The average Bonchev–Trinajstić information content (AvgIpc) is 3.28. The summed E-state index contributed by atoms with van der Waals surface area (Å²) in [6.07, 6.45) is 6.26. The number of hydrogen-bond acceptors (Lipinski definition) is 4. The van der Waals surface area contributed by atoms with Crippen LogP contribution in [0.5, 0.6) is 5.88 Å². The highest BCUT2D eigenvalue weighted by molar-refractivity contribution is 6.04. The molecule has 27 heavy (non-hydrogen) atoms. The van der Waals surface area contributed by atoms with E-state index in [-0.39, 0.29) is 5.69 Å². The zero-order chi connectivity index (χ0) is 18.8. The first kappa shape index (κ1) is 17.5. The zero-order valence-corrected chi connectivity index (χ0v) is 15.1. The molecular formula is C20H21FN4O2. The smallest absolute Gasteiger partial charge is 0.274 e. The lowest BCUT2D eigenvalue weighted by Gasteiger charge is -2.09. The topological polar surface area (TPSA) is 69.0 Å². The van der Waals surface area contributed by atoms with Gasteiger partial charge in [-0.15, -0.1) is 5.10 Å². The molecule has 0 radical (unpaired) electrons. The van der Waals surface area contributed by atoms with E-state index in [2.05, 4.69) is 15.4 Å². The molecule has 0 spiro atoms. The highest BCUT2D eigenvalue weighted by Gasteiger charge is 2.18. The molecule has 1 fully saturated rings. The van der Waals surface area contributed by atoms with Crippen molar-refractivity contribution < 1.29 is 13.9 Å². The number of nitrogens with zero attached hydrogens (tertiary/aromatic N) is 3. The van der Waals surface area contributed by atoms with Crippen molar-refractivity contribution in [2.45, 2.75) is 25.7 Å². The van der Waals surface area contributed by atoms with E-state index in [4.69, 9.17) is 4.74 Å². The normalized spacial score (nSPS) is 14.6. The number of carbonyl (C=O) groups is 1. The molecule has 7 heteroatoms. The number of ether oxygens (including phenoxy) is 1. The molecule has 1 aliphatic carbocycles. The first-order valence-corrected chi connectivity index (χ1v) is 9.12. The summed E-state index contributed by atoms with van der Waals surface area (Å²) in [5.74, 6) is 0.262. The molecule has 1 amide bonds. The highest BCUT2D eigenvalue weighted by Crippen LogP contribution is 2.30. The third kappa shape index (κ3) is 3.77. The van der Waals surface area contributed by atoms with Gasteiger partial charge in [0, 0.05) is 25.0 Å². The number of nitrogens with one attached hydrogen (secondary N) is 1. The largest absolute Gasteiger partial charge is 0.476 e. The minimum atomic E-state index is -0.499. The molecule has 1 N–H and O–H groups in total. The van der Waals surface area contributed by atoms with Crippen molar-refractivity contribution in [3.63, 3.8) is 0 Å². The maximum absolute atomic E-state index is 13.3. The van der Waals surface area contributed by atoms with E-state index in [1.54, 1.807) is 10.7 Å². The van der Waals surface area contributed by atoms with E-state index in [1.165, 1.54) is 37.9 Å². The number of aryl methyl sites for hydroxylation is 1. The minimum absolute atomic E-state index is 0.0284. The number of aromatic nitrogens is 3. The number of anilines is 1. The van der Waals surface area contributed by atoms with Crippen LogP contribution < -0.4 is 10.1 Å². The molecule has 2 heterocycles. The van der Waals surface area contributed by atoms with Crippen molar-refractivity contribution in [3.05, 3.63) is 48.0 Å². The van der Waals surface area contributed by atoms with Crippen molar-refractivity contribution in [2.24, 2.45) is 13.0 Å². The van der Waals surface area contributed by atoms with E-state index < -0.39 is 11.7 Å². The van der Waals surface area contributed by atoms with Gasteiger partial charge in [0.25, 0.3) is 5.91 Å². The summed E-state index contributed by atoms with van der Waals surface area (Å²) in [5, 5.41) is 8.10. The van der Waals surface area contributed by atoms with Gasteiger partial charge < -0.3 is 10.1 Å². The Morgan fingerprint density at radius 1 is 1.30 bits per heavy atom. The number of amides is 1.